The Morgan fingerprint density at radius 2 is 1.74 bits per heavy atom. The fourth-order valence-electron chi connectivity index (χ4n) is 3.17. The lowest BCUT2D eigenvalue weighted by molar-refractivity contribution is 0.101. The number of Topliss-reactive ketones (excluding diaryl/α,β-unsaturated/α-hetero) is 1. The van der Waals surface area contributed by atoms with Crippen LogP contribution in [-0.4, -0.2) is 20.0 Å². The Hall–Kier alpha value is -3.54. The normalized spacial score (nSPS) is 14.3. The SMILES string of the molecule is COc1ccc(/C=C2\Oc3c(ccc4oc(=O)cc(C)c34)C2=O)cc1OC. The predicted molar refractivity (Wildman–Crippen MR) is 99.7 cm³/mol. The highest BCUT2D eigenvalue weighted by molar-refractivity contribution is 6.17. The van der Waals surface area contributed by atoms with E-state index in [2.05, 4.69) is 0 Å². The van der Waals surface area contributed by atoms with Gasteiger partial charge >= 0.3 is 5.63 Å². The van der Waals surface area contributed by atoms with Gasteiger partial charge in [-0.3, -0.25) is 4.79 Å². The average molecular weight is 364 g/mol. The number of hydrogen-bond donors (Lipinski definition) is 0. The molecule has 4 rings (SSSR count). The van der Waals surface area contributed by atoms with Gasteiger partial charge in [0.25, 0.3) is 0 Å². The largest absolute Gasteiger partial charge is 0.493 e. The summed E-state index contributed by atoms with van der Waals surface area (Å²) in [6.45, 7) is 1.78. The highest BCUT2D eigenvalue weighted by Crippen LogP contribution is 2.39. The van der Waals surface area contributed by atoms with E-state index in [4.69, 9.17) is 18.6 Å². The van der Waals surface area contributed by atoms with Crippen LogP contribution >= 0.6 is 0 Å². The molecule has 2 aromatic carbocycles. The van der Waals surface area contributed by atoms with Gasteiger partial charge in [0.15, 0.2) is 17.3 Å². The molecule has 136 valence electrons. The van der Waals surface area contributed by atoms with Crippen molar-refractivity contribution in [3.63, 3.8) is 0 Å². The third kappa shape index (κ3) is 2.75. The van der Waals surface area contributed by atoms with E-state index in [1.54, 1.807) is 57.6 Å². The van der Waals surface area contributed by atoms with Crippen molar-refractivity contribution in [3.05, 3.63) is 69.3 Å². The van der Waals surface area contributed by atoms with Crippen molar-refractivity contribution in [1.29, 1.82) is 0 Å². The van der Waals surface area contributed by atoms with Gasteiger partial charge in [-0.15, -0.1) is 0 Å². The summed E-state index contributed by atoms with van der Waals surface area (Å²) in [7, 11) is 3.10. The minimum Gasteiger partial charge on any atom is -0.493 e. The van der Waals surface area contributed by atoms with Crippen LogP contribution in [0, 0.1) is 6.92 Å². The molecule has 0 aliphatic carbocycles. The Kier molecular flexibility index (Phi) is 3.96. The standard InChI is InChI=1S/C21H16O6/c1-11-8-18(22)26-15-7-5-13-20(23)17(27-21(13)19(11)15)10-12-4-6-14(24-2)16(9-12)25-3/h4-10H,1-3H3/b17-10-. The quantitative estimate of drug-likeness (QED) is 0.521. The first kappa shape index (κ1) is 16.9. The maximum atomic E-state index is 12.8. The lowest BCUT2D eigenvalue weighted by Crippen LogP contribution is -1.98. The van der Waals surface area contributed by atoms with Crippen molar-refractivity contribution in [2.75, 3.05) is 14.2 Å². The predicted octanol–water partition coefficient (Wildman–Crippen LogP) is 3.73. The molecule has 1 aromatic heterocycles. The second-order valence-electron chi connectivity index (χ2n) is 6.12. The van der Waals surface area contributed by atoms with Crippen molar-refractivity contribution >= 4 is 22.8 Å². The number of allylic oxidation sites excluding steroid dienone is 1. The van der Waals surface area contributed by atoms with Gasteiger partial charge in [0, 0.05) is 6.07 Å². The Morgan fingerprint density at radius 1 is 0.963 bits per heavy atom. The first-order valence-electron chi connectivity index (χ1n) is 8.25. The first-order valence-corrected chi connectivity index (χ1v) is 8.25. The molecule has 2 heterocycles. The molecule has 27 heavy (non-hydrogen) atoms. The van der Waals surface area contributed by atoms with E-state index >= 15 is 0 Å². The molecule has 0 saturated carbocycles. The van der Waals surface area contributed by atoms with Gasteiger partial charge in [0.1, 0.15) is 11.3 Å². The van der Waals surface area contributed by atoms with E-state index in [0.717, 1.165) is 5.56 Å². The maximum absolute atomic E-state index is 12.8. The van der Waals surface area contributed by atoms with E-state index < -0.39 is 5.63 Å². The molecule has 1 aliphatic heterocycles. The Morgan fingerprint density at radius 3 is 2.48 bits per heavy atom. The molecule has 0 amide bonds. The van der Waals surface area contributed by atoms with E-state index in [1.807, 2.05) is 0 Å². The van der Waals surface area contributed by atoms with E-state index in [9.17, 15) is 9.59 Å². The smallest absolute Gasteiger partial charge is 0.336 e. The molecule has 0 unspecified atom stereocenters. The zero-order chi connectivity index (χ0) is 19.1. The summed E-state index contributed by atoms with van der Waals surface area (Å²) in [5.41, 5.74) is 1.81. The van der Waals surface area contributed by atoms with Crippen molar-refractivity contribution < 1.29 is 23.4 Å². The van der Waals surface area contributed by atoms with E-state index in [-0.39, 0.29) is 11.5 Å². The number of aryl methyl sites for hydroxylation is 1. The van der Waals surface area contributed by atoms with Gasteiger partial charge in [-0.25, -0.2) is 4.79 Å². The number of carbonyl (C=O) groups excluding carboxylic acids is 1. The van der Waals surface area contributed by atoms with Crippen LogP contribution in [0.15, 0.2) is 51.4 Å². The maximum Gasteiger partial charge on any atom is 0.336 e. The number of rotatable bonds is 3. The van der Waals surface area contributed by atoms with Crippen LogP contribution in [0.1, 0.15) is 21.5 Å². The zero-order valence-electron chi connectivity index (χ0n) is 15.0. The number of carbonyl (C=O) groups is 1. The molecule has 6 heteroatoms. The van der Waals surface area contributed by atoms with Crippen LogP contribution in [0.5, 0.6) is 17.2 Å². The monoisotopic (exact) mass is 364 g/mol. The number of ketones is 1. The minimum absolute atomic E-state index is 0.190. The molecule has 0 bridgehead atoms. The second-order valence-corrected chi connectivity index (χ2v) is 6.12. The minimum atomic E-state index is -0.439. The van der Waals surface area contributed by atoms with Gasteiger partial charge in [-0.1, -0.05) is 6.07 Å². The number of methoxy groups -OCH3 is 2. The molecule has 3 aromatic rings. The number of ether oxygens (including phenoxy) is 3. The molecular weight excluding hydrogens is 348 g/mol. The van der Waals surface area contributed by atoms with Crippen molar-refractivity contribution in [2.24, 2.45) is 0 Å². The Labute approximate surface area is 154 Å². The molecule has 0 atom stereocenters. The lowest BCUT2D eigenvalue weighted by atomic mass is 10.0. The summed E-state index contributed by atoms with van der Waals surface area (Å²) < 4.78 is 21.6. The summed E-state index contributed by atoms with van der Waals surface area (Å²) >= 11 is 0. The Balaban J connectivity index is 1.81. The van der Waals surface area contributed by atoms with Crippen LogP contribution < -0.4 is 19.8 Å². The molecule has 0 fully saturated rings. The Bertz CT molecular complexity index is 1170. The molecule has 0 N–H and O–H groups in total. The van der Waals surface area contributed by atoms with Gasteiger partial charge in [0.2, 0.25) is 5.78 Å². The van der Waals surface area contributed by atoms with Crippen LogP contribution in [0.3, 0.4) is 0 Å². The first-order chi connectivity index (χ1) is 13.0. The van der Waals surface area contributed by atoms with E-state index in [1.165, 1.54) is 6.07 Å². The summed E-state index contributed by atoms with van der Waals surface area (Å²) in [6.07, 6.45) is 1.64. The zero-order valence-corrected chi connectivity index (χ0v) is 15.0. The van der Waals surface area contributed by atoms with Gasteiger partial charge < -0.3 is 18.6 Å². The highest BCUT2D eigenvalue weighted by atomic mass is 16.5. The summed E-state index contributed by atoms with van der Waals surface area (Å²) in [4.78, 5) is 24.3. The lowest BCUT2D eigenvalue weighted by Gasteiger charge is -2.08. The van der Waals surface area contributed by atoms with Crippen LogP contribution in [-0.2, 0) is 0 Å². The van der Waals surface area contributed by atoms with Gasteiger partial charge in [0.05, 0.1) is 25.2 Å². The van der Waals surface area contributed by atoms with Crippen molar-refractivity contribution in [2.45, 2.75) is 6.92 Å². The number of benzene rings is 2. The fraction of sp³-hybridized carbons (Fsp3) is 0.143. The summed E-state index contributed by atoms with van der Waals surface area (Å²) in [6, 6.07) is 9.92. The molecule has 0 spiro atoms. The highest BCUT2D eigenvalue weighted by Gasteiger charge is 2.30. The van der Waals surface area contributed by atoms with Crippen LogP contribution in [0.2, 0.25) is 0 Å². The van der Waals surface area contributed by atoms with E-state index in [0.29, 0.717) is 39.3 Å². The van der Waals surface area contributed by atoms with Crippen molar-refractivity contribution in [1.82, 2.24) is 0 Å². The molecule has 0 saturated heterocycles. The second kappa shape index (κ2) is 6.32. The van der Waals surface area contributed by atoms with Crippen LogP contribution in [0.4, 0.5) is 0 Å². The van der Waals surface area contributed by atoms with Crippen molar-refractivity contribution in [3.8, 4) is 17.2 Å². The van der Waals surface area contributed by atoms with Gasteiger partial charge in [-0.05, 0) is 48.4 Å². The summed E-state index contributed by atoms with van der Waals surface area (Å²) in [5, 5.41) is 0.621. The molecule has 1 aliphatic rings. The third-order valence-corrected chi connectivity index (χ3v) is 4.44. The van der Waals surface area contributed by atoms with Gasteiger partial charge in [-0.2, -0.15) is 0 Å². The topological polar surface area (TPSA) is 75.0 Å². The molecule has 6 nitrogen and oxygen atoms in total. The fourth-order valence-corrected chi connectivity index (χ4v) is 3.17. The number of hydrogen-bond acceptors (Lipinski definition) is 6. The summed E-state index contributed by atoms with van der Waals surface area (Å²) in [5.74, 6) is 1.52. The molecule has 0 radical (unpaired) electrons. The van der Waals surface area contributed by atoms with Crippen LogP contribution in [0.25, 0.3) is 17.0 Å². The average Bonchev–Trinajstić information content (AvgIpc) is 2.96. The number of fused-ring (bicyclic) bond motifs is 3. The third-order valence-electron chi connectivity index (χ3n) is 4.44. The molecular formula is C21H16O6.